The fourth-order valence-electron chi connectivity index (χ4n) is 4.14. The van der Waals surface area contributed by atoms with Gasteiger partial charge in [0.15, 0.2) is 0 Å². The van der Waals surface area contributed by atoms with Crippen LogP contribution >= 0.6 is 0 Å². The number of carbonyl (C=O) groups is 2. The van der Waals surface area contributed by atoms with Crippen molar-refractivity contribution in [3.8, 4) is 17.2 Å². The van der Waals surface area contributed by atoms with Crippen LogP contribution in [0.15, 0.2) is 84.4 Å². The third-order valence-electron chi connectivity index (χ3n) is 5.78. The molecule has 1 unspecified atom stereocenters. The maximum absolute atomic E-state index is 13.2. The summed E-state index contributed by atoms with van der Waals surface area (Å²) in [6.45, 7) is 0.727. The number of aliphatic hydroxyl groups excluding tert-OH is 1. The van der Waals surface area contributed by atoms with Gasteiger partial charge in [-0.1, -0.05) is 42.5 Å². The quantitative estimate of drug-likeness (QED) is 0.205. The van der Waals surface area contributed by atoms with Crippen LogP contribution in [0.25, 0.3) is 5.76 Å². The summed E-state index contributed by atoms with van der Waals surface area (Å²) in [7, 11) is 3.10. The second-order valence-electron chi connectivity index (χ2n) is 8.06. The predicted molar refractivity (Wildman–Crippen MR) is 131 cm³/mol. The van der Waals surface area contributed by atoms with Crippen molar-refractivity contribution in [2.24, 2.45) is 0 Å². The average Bonchev–Trinajstić information content (AvgIpc) is 3.14. The number of nitrogens with zero attached hydrogens (tertiary/aromatic N) is 1. The van der Waals surface area contributed by atoms with Gasteiger partial charge >= 0.3 is 0 Å². The number of aliphatic hydroxyl groups is 1. The number of para-hydroxylation sites is 1. The Kier molecular flexibility index (Phi) is 7.48. The first-order valence-corrected chi connectivity index (χ1v) is 11.3. The zero-order chi connectivity index (χ0) is 24.8. The zero-order valence-corrected chi connectivity index (χ0v) is 19.6. The monoisotopic (exact) mass is 473 g/mol. The Hall–Kier alpha value is -4.10. The molecule has 0 saturated carbocycles. The van der Waals surface area contributed by atoms with E-state index in [0.717, 1.165) is 0 Å². The number of amides is 1. The van der Waals surface area contributed by atoms with Crippen LogP contribution in [0.5, 0.6) is 17.2 Å². The fourth-order valence-corrected chi connectivity index (χ4v) is 4.14. The molecule has 7 nitrogen and oxygen atoms in total. The molecule has 1 aliphatic rings. The lowest BCUT2D eigenvalue weighted by molar-refractivity contribution is -0.140. The number of Topliss-reactive ketones (excluding diaryl/α,β-unsaturated/α-hetero) is 1. The zero-order valence-electron chi connectivity index (χ0n) is 19.6. The summed E-state index contributed by atoms with van der Waals surface area (Å²) in [4.78, 5) is 27.7. The highest BCUT2D eigenvalue weighted by molar-refractivity contribution is 6.46. The summed E-state index contributed by atoms with van der Waals surface area (Å²) in [6.07, 6.45) is 0.541. The van der Waals surface area contributed by atoms with Crippen LogP contribution in [0.2, 0.25) is 0 Å². The minimum Gasteiger partial charge on any atom is -0.507 e. The van der Waals surface area contributed by atoms with Crippen LogP contribution in [0, 0.1) is 0 Å². The summed E-state index contributed by atoms with van der Waals surface area (Å²) in [5.41, 5.74) is 1.07. The Bertz CT molecular complexity index is 1240. The minimum absolute atomic E-state index is 0.0255. The Morgan fingerprint density at radius 3 is 2.34 bits per heavy atom. The molecule has 1 saturated heterocycles. The topological polar surface area (TPSA) is 85.3 Å². The number of ether oxygens (including phenoxy) is 3. The van der Waals surface area contributed by atoms with Gasteiger partial charge in [-0.3, -0.25) is 9.59 Å². The van der Waals surface area contributed by atoms with E-state index in [1.165, 1.54) is 12.0 Å². The average molecular weight is 474 g/mol. The lowest BCUT2D eigenvalue weighted by Crippen LogP contribution is -2.31. The van der Waals surface area contributed by atoms with Crippen LogP contribution in [0.3, 0.4) is 0 Å². The number of hydrogen-bond donors (Lipinski definition) is 1. The van der Waals surface area contributed by atoms with E-state index in [1.54, 1.807) is 49.6 Å². The van der Waals surface area contributed by atoms with Crippen molar-refractivity contribution in [3.05, 3.63) is 95.6 Å². The second-order valence-corrected chi connectivity index (χ2v) is 8.06. The van der Waals surface area contributed by atoms with E-state index in [-0.39, 0.29) is 11.3 Å². The largest absolute Gasteiger partial charge is 0.507 e. The smallest absolute Gasteiger partial charge is 0.295 e. The molecular formula is C28H27NO6. The highest BCUT2D eigenvalue weighted by Crippen LogP contribution is 2.41. The van der Waals surface area contributed by atoms with Crippen molar-refractivity contribution in [3.63, 3.8) is 0 Å². The molecule has 35 heavy (non-hydrogen) atoms. The van der Waals surface area contributed by atoms with Crippen LogP contribution in [0.1, 0.15) is 23.6 Å². The van der Waals surface area contributed by atoms with Gasteiger partial charge in [-0.15, -0.1) is 0 Å². The molecule has 0 aliphatic carbocycles. The molecule has 0 bridgehead atoms. The lowest BCUT2D eigenvalue weighted by Gasteiger charge is -2.25. The summed E-state index contributed by atoms with van der Waals surface area (Å²) < 4.78 is 16.4. The first-order chi connectivity index (χ1) is 17.0. The fraction of sp³-hybridized carbons (Fsp3) is 0.214. The third kappa shape index (κ3) is 5.20. The number of hydrogen-bond acceptors (Lipinski definition) is 6. The summed E-state index contributed by atoms with van der Waals surface area (Å²) in [5.74, 6) is 0.0915. The van der Waals surface area contributed by atoms with Crippen LogP contribution in [0.4, 0.5) is 0 Å². The normalized spacial score (nSPS) is 17.0. The maximum atomic E-state index is 13.2. The number of likely N-dealkylation sites (tertiary alicyclic amines) is 1. The Morgan fingerprint density at radius 1 is 0.886 bits per heavy atom. The molecule has 3 aromatic carbocycles. The standard InChI is InChI=1S/C28H27NO6/c1-33-16-8-15-29-25(19-9-6-14-23(17-19)35-21-11-4-3-5-12-21)24(27(31)28(29)32)26(30)20-10-7-13-22(18-20)34-2/h3-7,9-14,17-18,25,30H,8,15-16H2,1-2H3/b26-24+. The molecule has 0 spiro atoms. The number of rotatable bonds is 9. The van der Waals surface area contributed by atoms with Crippen molar-refractivity contribution in [2.75, 3.05) is 27.4 Å². The summed E-state index contributed by atoms with van der Waals surface area (Å²) >= 11 is 0. The van der Waals surface area contributed by atoms with E-state index >= 15 is 0 Å². The van der Waals surface area contributed by atoms with E-state index in [0.29, 0.717) is 47.9 Å². The molecule has 4 rings (SSSR count). The molecule has 0 aromatic heterocycles. The first kappa shape index (κ1) is 24.0. The first-order valence-electron chi connectivity index (χ1n) is 11.3. The van der Waals surface area contributed by atoms with E-state index in [1.807, 2.05) is 36.4 Å². The Morgan fingerprint density at radius 2 is 1.60 bits per heavy atom. The van der Waals surface area contributed by atoms with Gasteiger partial charge in [0.2, 0.25) is 0 Å². The molecular weight excluding hydrogens is 446 g/mol. The van der Waals surface area contributed by atoms with Gasteiger partial charge in [-0.2, -0.15) is 0 Å². The number of ketones is 1. The lowest BCUT2D eigenvalue weighted by atomic mass is 9.95. The van der Waals surface area contributed by atoms with Gasteiger partial charge in [0.05, 0.1) is 18.7 Å². The molecule has 1 amide bonds. The van der Waals surface area contributed by atoms with E-state index in [4.69, 9.17) is 14.2 Å². The maximum Gasteiger partial charge on any atom is 0.295 e. The number of benzene rings is 3. The molecule has 0 radical (unpaired) electrons. The van der Waals surface area contributed by atoms with Crippen LogP contribution in [-0.2, 0) is 14.3 Å². The summed E-state index contributed by atoms with van der Waals surface area (Å²) in [6, 6.07) is 22.5. The second kappa shape index (κ2) is 10.9. The van der Waals surface area contributed by atoms with Gasteiger partial charge in [0.25, 0.3) is 11.7 Å². The van der Waals surface area contributed by atoms with Crippen molar-refractivity contribution in [2.45, 2.75) is 12.5 Å². The van der Waals surface area contributed by atoms with Gasteiger partial charge < -0.3 is 24.2 Å². The summed E-state index contributed by atoms with van der Waals surface area (Å²) in [5, 5.41) is 11.2. The van der Waals surface area contributed by atoms with Gasteiger partial charge in [-0.05, 0) is 48.4 Å². The highest BCUT2D eigenvalue weighted by atomic mass is 16.5. The molecule has 1 fully saturated rings. The Balaban J connectivity index is 1.79. The van der Waals surface area contributed by atoms with E-state index in [2.05, 4.69) is 0 Å². The van der Waals surface area contributed by atoms with Crippen LogP contribution < -0.4 is 9.47 Å². The van der Waals surface area contributed by atoms with Crippen molar-refractivity contribution < 1.29 is 28.9 Å². The molecule has 1 atom stereocenters. The predicted octanol–water partition coefficient (Wildman–Crippen LogP) is 4.95. The van der Waals surface area contributed by atoms with Gasteiger partial charge in [0.1, 0.15) is 23.0 Å². The third-order valence-corrected chi connectivity index (χ3v) is 5.78. The molecule has 1 N–H and O–H groups in total. The minimum atomic E-state index is -0.780. The molecule has 180 valence electrons. The molecule has 7 heteroatoms. The van der Waals surface area contributed by atoms with Gasteiger partial charge in [0, 0.05) is 25.8 Å². The molecule has 3 aromatic rings. The molecule has 1 heterocycles. The van der Waals surface area contributed by atoms with Crippen molar-refractivity contribution in [1.29, 1.82) is 0 Å². The van der Waals surface area contributed by atoms with Gasteiger partial charge in [-0.25, -0.2) is 0 Å². The van der Waals surface area contributed by atoms with Crippen LogP contribution in [-0.4, -0.2) is 49.1 Å². The Labute approximate surface area is 204 Å². The van der Waals surface area contributed by atoms with Crippen molar-refractivity contribution in [1.82, 2.24) is 4.90 Å². The van der Waals surface area contributed by atoms with Crippen molar-refractivity contribution >= 4 is 17.4 Å². The molecule has 1 aliphatic heterocycles. The van der Waals surface area contributed by atoms with E-state index in [9.17, 15) is 14.7 Å². The SMILES string of the molecule is COCCCN1C(=O)C(=O)/C(=C(/O)c2cccc(OC)c2)C1c1cccc(Oc2ccccc2)c1. The van der Waals surface area contributed by atoms with E-state index < -0.39 is 17.7 Å². The number of methoxy groups -OCH3 is 2. The number of carbonyl (C=O) groups excluding carboxylic acids is 2. The highest BCUT2D eigenvalue weighted by Gasteiger charge is 2.45.